The third kappa shape index (κ3) is 1.98. The number of aliphatic hydroxyl groups excluding tert-OH is 1. The highest BCUT2D eigenvalue weighted by molar-refractivity contribution is 4.93. The fraction of sp³-hybridized carbons (Fsp3) is 0.778. The van der Waals surface area contributed by atoms with Crippen molar-refractivity contribution in [3.05, 3.63) is 0 Å². The minimum atomic E-state index is -0.616. The van der Waals surface area contributed by atoms with Crippen LogP contribution >= 0.6 is 0 Å². The van der Waals surface area contributed by atoms with Crippen LogP contribution in [0.4, 0.5) is 0 Å². The molecule has 0 aromatic carbocycles. The van der Waals surface area contributed by atoms with E-state index in [0.717, 1.165) is 0 Å². The number of aliphatic hydroxyl groups is 1. The second-order valence-corrected chi connectivity index (χ2v) is 3.30. The van der Waals surface area contributed by atoms with Crippen LogP contribution in [0, 0.1) is 12.3 Å². The number of hydrogen-bond acceptors (Lipinski definition) is 3. The molecule has 0 saturated carbocycles. The van der Waals surface area contributed by atoms with E-state index in [-0.39, 0.29) is 18.8 Å². The van der Waals surface area contributed by atoms with Crippen molar-refractivity contribution in [1.82, 2.24) is 0 Å². The Morgan fingerprint density at radius 2 is 2.00 bits per heavy atom. The Balaban J connectivity index is 2.58. The van der Waals surface area contributed by atoms with Crippen molar-refractivity contribution >= 4 is 0 Å². The predicted octanol–water partition coefficient (Wildman–Crippen LogP) is 0.522. The molecular weight excluding hydrogens is 156 g/mol. The van der Waals surface area contributed by atoms with Crippen molar-refractivity contribution in [1.29, 1.82) is 0 Å². The van der Waals surface area contributed by atoms with Gasteiger partial charge in [-0.15, -0.1) is 12.3 Å². The summed E-state index contributed by atoms with van der Waals surface area (Å²) in [4.78, 5) is 0. The summed E-state index contributed by atoms with van der Waals surface area (Å²) in [5, 5.41) is 8.92. The summed E-state index contributed by atoms with van der Waals surface area (Å²) >= 11 is 0. The predicted molar refractivity (Wildman–Crippen MR) is 44.4 cm³/mol. The molecule has 0 spiro atoms. The summed E-state index contributed by atoms with van der Waals surface area (Å²) in [5.74, 6) is 1.88. The first-order valence-electron chi connectivity index (χ1n) is 3.99. The van der Waals surface area contributed by atoms with Gasteiger partial charge >= 0.3 is 0 Å². The molecule has 1 rings (SSSR count). The maximum absolute atomic E-state index is 8.92. The smallest absolute Gasteiger partial charge is 0.163 e. The van der Waals surface area contributed by atoms with E-state index in [1.54, 1.807) is 0 Å². The number of rotatable bonds is 2. The fourth-order valence-electron chi connectivity index (χ4n) is 1.35. The van der Waals surface area contributed by atoms with Crippen LogP contribution in [0.25, 0.3) is 0 Å². The van der Waals surface area contributed by atoms with Crippen molar-refractivity contribution < 1.29 is 14.6 Å². The molecule has 1 N–H and O–H groups in total. The van der Waals surface area contributed by atoms with E-state index in [1.807, 2.05) is 13.8 Å². The van der Waals surface area contributed by atoms with Crippen molar-refractivity contribution in [2.75, 3.05) is 6.61 Å². The molecule has 2 atom stereocenters. The Morgan fingerprint density at radius 3 is 2.50 bits per heavy atom. The second-order valence-electron chi connectivity index (χ2n) is 3.30. The summed E-state index contributed by atoms with van der Waals surface area (Å²) in [6, 6.07) is 0. The van der Waals surface area contributed by atoms with Gasteiger partial charge in [0, 0.05) is 6.42 Å². The maximum atomic E-state index is 8.92. The van der Waals surface area contributed by atoms with E-state index in [9.17, 15) is 0 Å². The first-order chi connectivity index (χ1) is 5.59. The number of hydrogen-bond donors (Lipinski definition) is 1. The van der Waals surface area contributed by atoms with Gasteiger partial charge in [0.2, 0.25) is 0 Å². The molecule has 0 bridgehead atoms. The monoisotopic (exact) mass is 170 g/mol. The maximum Gasteiger partial charge on any atom is 0.163 e. The highest BCUT2D eigenvalue weighted by Gasteiger charge is 2.40. The van der Waals surface area contributed by atoms with Crippen molar-refractivity contribution in [2.24, 2.45) is 0 Å². The molecule has 1 aliphatic heterocycles. The summed E-state index contributed by atoms with van der Waals surface area (Å²) < 4.78 is 10.9. The number of terminal acetylenes is 1. The number of ether oxygens (including phenoxy) is 2. The molecule has 1 saturated heterocycles. The van der Waals surface area contributed by atoms with Crippen LogP contribution < -0.4 is 0 Å². The van der Waals surface area contributed by atoms with Crippen LogP contribution in [0.5, 0.6) is 0 Å². The lowest BCUT2D eigenvalue weighted by Crippen LogP contribution is -2.25. The lowest BCUT2D eigenvalue weighted by molar-refractivity contribution is -0.148. The molecule has 3 nitrogen and oxygen atoms in total. The molecule has 68 valence electrons. The molecule has 0 aromatic rings. The topological polar surface area (TPSA) is 38.7 Å². The Bertz CT molecular complexity index is 192. The molecule has 1 heterocycles. The Kier molecular flexibility index (Phi) is 2.73. The van der Waals surface area contributed by atoms with Gasteiger partial charge < -0.3 is 14.6 Å². The summed E-state index contributed by atoms with van der Waals surface area (Å²) in [6.07, 6.45) is 5.17. The van der Waals surface area contributed by atoms with Crippen LogP contribution in [-0.4, -0.2) is 29.7 Å². The van der Waals surface area contributed by atoms with Crippen LogP contribution in [0.3, 0.4) is 0 Å². The molecule has 0 aliphatic carbocycles. The second kappa shape index (κ2) is 3.44. The van der Waals surface area contributed by atoms with Gasteiger partial charge in [0.25, 0.3) is 0 Å². The standard InChI is InChI=1S/C9H14O3/c1-4-5-7-8(6-10)12-9(2,3)11-7/h1,7-8,10H,5-6H2,2-3H3/t7-,8+/m0/s1. The first kappa shape index (κ1) is 9.53. The first-order valence-corrected chi connectivity index (χ1v) is 3.99. The average Bonchev–Trinajstić information content (AvgIpc) is 2.26. The zero-order valence-electron chi connectivity index (χ0n) is 7.41. The molecule has 1 aliphatic rings. The quantitative estimate of drug-likeness (QED) is 0.614. The molecule has 12 heavy (non-hydrogen) atoms. The van der Waals surface area contributed by atoms with Gasteiger partial charge in [0.15, 0.2) is 5.79 Å². The van der Waals surface area contributed by atoms with Crippen molar-refractivity contribution in [2.45, 2.75) is 38.3 Å². The van der Waals surface area contributed by atoms with Crippen LogP contribution in [0.15, 0.2) is 0 Å². The van der Waals surface area contributed by atoms with Gasteiger partial charge in [-0.1, -0.05) is 0 Å². The Hall–Kier alpha value is -0.560. The molecule has 3 heteroatoms. The van der Waals surface area contributed by atoms with E-state index >= 15 is 0 Å². The summed E-state index contributed by atoms with van der Waals surface area (Å²) in [6.45, 7) is 3.58. The van der Waals surface area contributed by atoms with Gasteiger partial charge in [-0.25, -0.2) is 0 Å². The third-order valence-corrected chi connectivity index (χ3v) is 1.78. The van der Waals surface area contributed by atoms with E-state index in [4.69, 9.17) is 21.0 Å². The van der Waals surface area contributed by atoms with Crippen LogP contribution in [0.2, 0.25) is 0 Å². The van der Waals surface area contributed by atoms with Crippen molar-refractivity contribution in [3.8, 4) is 12.3 Å². The summed E-state index contributed by atoms with van der Waals surface area (Å²) in [7, 11) is 0. The lowest BCUT2D eigenvalue weighted by Gasteiger charge is -2.16. The minimum absolute atomic E-state index is 0.0459. The van der Waals surface area contributed by atoms with Gasteiger partial charge in [-0.05, 0) is 13.8 Å². The normalized spacial score (nSPS) is 33.2. The molecule has 0 amide bonds. The van der Waals surface area contributed by atoms with Crippen LogP contribution in [-0.2, 0) is 9.47 Å². The molecule has 0 unspecified atom stereocenters. The third-order valence-electron chi connectivity index (χ3n) is 1.78. The molecule has 0 radical (unpaired) electrons. The average molecular weight is 170 g/mol. The molecule has 1 fully saturated rings. The van der Waals surface area contributed by atoms with Gasteiger partial charge in [0.05, 0.1) is 6.61 Å². The van der Waals surface area contributed by atoms with Gasteiger partial charge in [0.1, 0.15) is 12.2 Å². The molecule has 0 aromatic heterocycles. The largest absolute Gasteiger partial charge is 0.394 e. The fourth-order valence-corrected chi connectivity index (χ4v) is 1.35. The van der Waals surface area contributed by atoms with E-state index in [1.165, 1.54) is 0 Å². The van der Waals surface area contributed by atoms with Gasteiger partial charge in [-0.3, -0.25) is 0 Å². The van der Waals surface area contributed by atoms with E-state index in [2.05, 4.69) is 5.92 Å². The van der Waals surface area contributed by atoms with E-state index in [0.29, 0.717) is 6.42 Å². The minimum Gasteiger partial charge on any atom is -0.394 e. The zero-order chi connectivity index (χ0) is 9.19. The van der Waals surface area contributed by atoms with Crippen LogP contribution in [0.1, 0.15) is 20.3 Å². The van der Waals surface area contributed by atoms with Crippen molar-refractivity contribution in [3.63, 3.8) is 0 Å². The van der Waals surface area contributed by atoms with Gasteiger partial charge in [-0.2, -0.15) is 0 Å². The highest BCUT2D eigenvalue weighted by Crippen LogP contribution is 2.29. The Labute approximate surface area is 72.7 Å². The molecular formula is C9H14O3. The zero-order valence-corrected chi connectivity index (χ0v) is 7.41. The Morgan fingerprint density at radius 1 is 1.42 bits per heavy atom. The van der Waals surface area contributed by atoms with E-state index < -0.39 is 5.79 Å². The summed E-state index contributed by atoms with van der Waals surface area (Å²) in [5.41, 5.74) is 0. The highest BCUT2D eigenvalue weighted by atomic mass is 16.8. The lowest BCUT2D eigenvalue weighted by atomic mass is 10.1. The SMILES string of the molecule is C#CC[C@@H]1OC(C)(C)O[C@@H]1CO.